The maximum atomic E-state index is 12.2. The molecule has 0 radical (unpaired) electrons. The lowest BCUT2D eigenvalue weighted by molar-refractivity contribution is -0.137. The molecule has 2 rings (SSSR count). The van der Waals surface area contributed by atoms with Crippen LogP contribution in [0.5, 0.6) is 0 Å². The molecule has 20 heavy (non-hydrogen) atoms. The first-order valence-corrected chi connectivity index (χ1v) is 7.62. The van der Waals surface area contributed by atoms with E-state index in [1.807, 2.05) is 0 Å². The summed E-state index contributed by atoms with van der Waals surface area (Å²) >= 11 is 0. The number of urea groups is 1. The Morgan fingerprint density at radius 2 is 2.10 bits per heavy atom. The van der Waals surface area contributed by atoms with E-state index in [1.54, 1.807) is 4.90 Å². The topological polar surface area (TPSA) is 72.9 Å². The molecule has 0 spiro atoms. The maximum Gasteiger partial charge on any atom is 0.317 e. The number of nitrogens with zero attached hydrogens (tertiary/aromatic N) is 2. The lowest BCUT2D eigenvalue weighted by Gasteiger charge is -2.26. The molecule has 2 N–H and O–H groups in total. The smallest absolute Gasteiger partial charge is 0.317 e. The van der Waals surface area contributed by atoms with Crippen LogP contribution < -0.4 is 5.32 Å². The zero-order valence-electron chi connectivity index (χ0n) is 12.2. The molecule has 0 aromatic heterocycles. The van der Waals surface area contributed by atoms with E-state index in [2.05, 4.69) is 17.1 Å². The first kappa shape index (κ1) is 15.1. The van der Waals surface area contributed by atoms with Crippen LogP contribution in [0.3, 0.4) is 0 Å². The minimum atomic E-state index is -0.851. The van der Waals surface area contributed by atoms with Gasteiger partial charge in [-0.25, -0.2) is 4.79 Å². The normalized spacial score (nSPS) is 22.8. The average Bonchev–Trinajstić information content (AvgIpc) is 3.14. The number of likely N-dealkylation sites (N-methyl/N-ethyl adjacent to an activating group) is 1. The summed E-state index contributed by atoms with van der Waals surface area (Å²) in [5, 5.41) is 11.7. The molecule has 0 aromatic carbocycles. The highest BCUT2D eigenvalue weighted by atomic mass is 16.4. The van der Waals surface area contributed by atoms with Crippen LogP contribution in [0.4, 0.5) is 4.79 Å². The number of carbonyl (C=O) groups is 2. The minimum Gasteiger partial charge on any atom is -0.481 e. The summed E-state index contributed by atoms with van der Waals surface area (Å²) < 4.78 is 0. The molecule has 1 aliphatic heterocycles. The maximum absolute atomic E-state index is 12.2. The summed E-state index contributed by atoms with van der Waals surface area (Å²) in [5.74, 6) is -0.851. The second-order valence-corrected chi connectivity index (χ2v) is 5.68. The number of amides is 2. The summed E-state index contributed by atoms with van der Waals surface area (Å²) in [6.45, 7) is 5.26. The van der Waals surface area contributed by atoms with Gasteiger partial charge in [-0.05, 0) is 38.8 Å². The van der Waals surface area contributed by atoms with Crippen molar-refractivity contribution in [2.75, 3.05) is 26.2 Å². The molecule has 1 saturated carbocycles. The van der Waals surface area contributed by atoms with Gasteiger partial charge in [-0.1, -0.05) is 6.92 Å². The number of likely N-dealkylation sites (tertiary alicyclic amines) is 1. The monoisotopic (exact) mass is 283 g/mol. The Hall–Kier alpha value is -1.30. The Bertz CT molecular complexity index is 358. The fourth-order valence-electron chi connectivity index (χ4n) is 2.90. The van der Waals surface area contributed by atoms with Crippen molar-refractivity contribution in [1.82, 2.24) is 15.1 Å². The predicted molar refractivity (Wildman–Crippen MR) is 75.6 cm³/mol. The fraction of sp³-hybridized carbons (Fsp3) is 0.857. The summed E-state index contributed by atoms with van der Waals surface area (Å²) in [4.78, 5) is 26.9. The minimum absolute atomic E-state index is 0.0223. The van der Waals surface area contributed by atoms with E-state index < -0.39 is 5.97 Å². The molecule has 6 heteroatoms. The van der Waals surface area contributed by atoms with E-state index in [1.165, 1.54) is 6.42 Å². The van der Waals surface area contributed by atoms with Crippen molar-refractivity contribution in [2.45, 2.75) is 51.1 Å². The van der Waals surface area contributed by atoms with Crippen LogP contribution in [0.1, 0.15) is 39.0 Å². The fourth-order valence-corrected chi connectivity index (χ4v) is 2.90. The Morgan fingerprint density at radius 3 is 2.70 bits per heavy atom. The number of aliphatic carboxylic acids is 1. The van der Waals surface area contributed by atoms with E-state index in [4.69, 9.17) is 5.11 Å². The molecular formula is C14H25N3O3. The van der Waals surface area contributed by atoms with Crippen LogP contribution in [-0.2, 0) is 4.79 Å². The van der Waals surface area contributed by atoms with Crippen LogP contribution in [-0.4, -0.2) is 65.2 Å². The van der Waals surface area contributed by atoms with Crippen molar-refractivity contribution in [3.63, 3.8) is 0 Å². The van der Waals surface area contributed by atoms with Gasteiger partial charge in [0.1, 0.15) is 0 Å². The van der Waals surface area contributed by atoms with Crippen molar-refractivity contribution in [2.24, 2.45) is 0 Å². The van der Waals surface area contributed by atoms with Crippen LogP contribution in [0.25, 0.3) is 0 Å². The number of nitrogens with one attached hydrogen (secondary N) is 1. The molecule has 0 aromatic rings. The highest BCUT2D eigenvalue weighted by Crippen LogP contribution is 2.27. The number of carboxylic acids is 1. The largest absolute Gasteiger partial charge is 0.481 e. The molecule has 2 fully saturated rings. The van der Waals surface area contributed by atoms with Crippen LogP contribution in [0, 0.1) is 0 Å². The van der Waals surface area contributed by atoms with Gasteiger partial charge in [0.05, 0.1) is 6.42 Å². The SMILES string of the molecule is CCN1CCCC1CNC(=O)N(CCC(=O)O)C1CC1. The predicted octanol–water partition coefficient (Wildman–Crippen LogP) is 1.12. The van der Waals surface area contributed by atoms with E-state index in [-0.39, 0.29) is 18.5 Å². The van der Waals surface area contributed by atoms with E-state index in [0.29, 0.717) is 19.1 Å². The molecule has 1 aliphatic carbocycles. The number of carbonyl (C=O) groups excluding carboxylic acids is 1. The highest BCUT2D eigenvalue weighted by molar-refractivity contribution is 5.76. The first-order valence-electron chi connectivity index (χ1n) is 7.62. The number of hydrogen-bond acceptors (Lipinski definition) is 3. The quantitative estimate of drug-likeness (QED) is 0.734. The van der Waals surface area contributed by atoms with Gasteiger partial charge in [-0.3, -0.25) is 9.69 Å². The standard InChI is InChI=1S/C14H25N3O3/c1-2-16-8-3-4-12(16)10-15-14(20)17(11-5-6-11)9-7-13(18)19/h11-12H,2-10H2,1H3,(H,15,20)(H,18,19). The Labute approximate surface area is 120 Å². The molecule has 1 atom stereocenters. The van der Waals surface area contributed by atoms with Crippen molar-refractivity contribution in [3.8, 4) is 0 Å². The van der Waals surface area contributed by atoms with Crippen molar-refractivity contribution in [3.05, 3.63) is 0 Å². The van der Waals surface area contributed by atoms with Gasteiger partial charge in [0.25, 0.3) is 0 Å². The second-order valence-electron chi connectivity index (χ2n) is 5.68. The van der Waals surface area contributed by atoms with Gasteiger partial charge in [-0.15, -0.1) is 0 Å². The van der Waals surface area contributed by atoms with Crippen LogP contribution >= 0.6 is 0 Å². The summed E-state index contributed by atoms with van der Waals surface area (Å²) in [6.07, 6.45) is 4.34. The van der Waals surface area contributed by atoms with E-state index in [0.717, 1.165) is 32.4 Å². The third-order valence-electron chi connectivity index (χ3n) is 4.21. The van der Waals surface area contributed by atoms with E-state index >= 15 is 0 Å². The molecule has 2 aliphatic rings. The number of hydrogen-bond donors (Lipinski definition) is 2. The summed E-state index contributed by atoms with van der Waals surface area (Å²) in [7, 11) is 0. The molecule has 114 valence electrons. The Balaban J connectivity index is 1.77. The van der Waals surface area contributed by atoms with Gasteiger partial charge in [0.15, 0.2) is 0 Å². The molecule has 1 saturated heterocycles. The zero-order chi connectivity index (χ0) is 14.5. The highest BCUT2D eigenvalue weighted by Gasteiger charge is 2.33. The molecule has 1 unspecified atom stereocenters. The van der Waals surface area contributed by atoms with Gasteiger partial charge >= 0.3 is 12.0 Å². The van der Waals surface area contributed by atoms with Gasteiger partial charge in [-0.2, -0.15) is 0 Å². The van der Waals surface area contributed by atoms with Gasteiger partial charge < -0.3 is 15.3 Å². The Morgan fingerprint density at radius 1 is 1.35 bits per heavy atom. The third kappa shape index (κ3) is 4.10. The second kappa shape index (κ2) is 6.92. The molecule has 2 amide bonds. The molecule has 6 nitrogen and oxygen atoms in total. The summed E-state index contributed by atoms with van der Waals surface area (Å²) in [6, 6.07) is 0.585. The third-order valence-corrected chi connectivity index (χ3v) is 4.21. The number of rotatable bonds is 7. The van der Waals surface area contributed by atoms with Crippen molar-refractivity contribution in [1.29, 1.82) is 0 Å². The number of carboxylic acid groups (broad SMARTS) is 1. The van der Waals surface area contributed by atoms with Gasteiger partial charge in [0.2, 0.25) is 0 Å². The Kier molecular flexibility index (Phi) is 5.23. The average molecular weight is 283 g/mol. The molecular weight excluding hydrogens is 258 g/mol. The lowest BCUT2D eigenvalue weighted by atomic mass is 10.2. The molecule has 0 bridgehead atoms. The zero-order valence-corrected chi connectivity index (χ0v) is 12.2. The van der Waals surface area contributed by atoms with Crippen molar-refractivity contribution < 1.29 is 14.7 Å². The van der Waals surface area contributed by atoms with Crippen molar-refractivity contribution >= 4 is 12.0 Å². The van der Waals surface area contributed by atoms with Crippen LogP contribution in [0.2, 0.25) is 0 Å². The van der Waals surface area contributed by atoms with Crippen LogP contribution in [0.15, 0.2) is 0 Å². The lowest BCUT2D eigenvalue weighted by Crippen LogP contribution is -2.47. The van der Waals surface area contributed by atoms with E-state index in [9.17, 15) is 9.59 Å². The summed E-state index contributed by atoms with van der Waals surface area (Å²) in [5.41, 5.74) is 0. The first-order chi connectivity index (χ1) is 9.61. The molecule has 1 heterocycles. The van der Waals surface area contributed by atoms with Gasteiger partial charge in [0, 0.05) is 25.2 Å².